The second-order valence-corrected chi connectivity index (χ2v) is 5.09. The first kappa shape index (κ1) is 13.4. The molecule has 0 saturated carbocycles. The molecule has 0 aliphatic carbocycles. The van der Waals surface area contributed by atoms with Crippen LogP contribution in [0, 0.1) is 0 Å². The Morgan fingerprint density at radius 3 is 2.94 bits per heavy atom. The zero-order valence-electron chi connectivity index (χ0n) is 11.3. The van der Waals surface area contributed by atoms with Crippen LogP contribution in [0.15, 0.2) is 24.3 Å². The Hall–Kier alpha value is -1.06. The molecule has 1 heterocycles. The van der Waals surface area contributed by atoms with Crippen LogP contribution in [-0.4, -0.2) is 37.7 Å². The molecule has 0 radical (unpaired) electrons. The standard InChI is InChI=1S/C15H24N2O/c1-17-11-5-4-7-14(17)12-18-15-8-3-2-6-13(15)9-10-16/h2-3,6,8,14H,4-5,7,9-12,16H2,1H3. The summed E-state index contributed by atoms with van der Waals surface area (Å²) in [5.74, 6) is 1.00. The maximum absolute atomic E-state index is 6.00. The number of likely N-dealkylation sites (N-methyl/N-ethyl adjacent to an activating group) is 1. The number of ether oxygens (including phenoxy) is 1. The predicted molar refractivity (Wildman–Crippen MR) is 75.0 cm³/mol. The lowest BCUT2D eigenvalue weighted by Gasteiger charge is -2.32. The molecule has 18 heavy (non-hydrogen) atoms. The van der Waals surface area contributed by atoms with Crippen LogP contribution >= 0.6 is 0 Å². The number of benzene rings is 1. The van der Waals surface area contributed by atoms with Crippen molar-refractivity contribution in [1.82, 2.24) is 4.90 Å². The minimum atomic E-state index is 0.560. The van der Waals surface area contributed by atoms with Gasteiger partial charge in [-0.3, -0.25) is 0 Å². The highest BCUT2D eigenvalue weighted by Gasteiger charge is 2.19. The number of para-hydroxylation sites is 1. The van der Waals surface area contributed by atoms with Crippen LogP contribution in [0.1, 0.15) is 24.8 Å². The van der Waals surface area contributed by atoms with Crippen molar-refractivity contribution in [2.24, 2.45) is 5.73 Å². The summed E-state index contributed by atoms with van der Waals surface area (Å²) in [6.45, 7) is 2.65. The van der Waals surface area contributed by atoms with Gasteiger partial charge in [0.25, 0.3) is 0 Å². The van der Waals surface area contributed by atoms with E-state index in [-0.39, 0.29) is 0 Å². The number of piperidine rings is 1. The molecule has 0 spiro atoms. The maximum Gasteiger partial charge on any atom is 0.122 e. The molecule has 3 nitrogen and oxygen atoms in total. The molecule has 2 N–H and O–H groups in total. The zero-order chi connectivity index (χ0) is 12.8. The average Bonchev–Trinajstić information content (AvgIpc) is 2.40. The van der Waals surface area contributed by atoms with E-state index in [4.69, 9.17) is 10.5 Å². The molecule has 3 heteroatoms. The van der Waals surface area contributed by atoms with Crippen molar-refractivity contribution in [2.75, 3.05) is 26.7 Å². The Balaban J connectivity index is 1.92. The van der Waals surface area contributed by atoms with Gasteiger partial charge in [0, 0.05) is 6.04 Å². The first-order valence-corrected chi connectivity index (χ1v) is 6.92. The van der Waals surface area contributed by atoms with Crippen LogP contribution in [0.3, 0.4) is 0 Å². The lowest BCUT2D eigenvalue weighted by molar-refractivity contribution is 0.124. The van der Waals surface area contributed by atoms with Crippen molar-refractivity contribution in [1.29, 1.82) is 0 Å². The van der Waals surface area contributed by atoms with E-state index in [1.165, 1.54) is 31.4 Å². The van der Waals surface area contributed by atoms with Crippen LogP contribution in [-0.2, 0) is 6.42 Å². The van der Waals surface area contributed by atoms with Gasteiger partial charge >= 0.3 is 0 Å². The third kappa shape index (κ3) is 3.47. The molecule has 0 amide bonds. The van der Waals surface area contributed by atoms with Gasteiger partial charge in [-0.25, -0.2) is 0 Å². The average molecular weight is 248 g/mol. The van der Waals surface area contributed by atoms with Gasteiger partial charge in [0.2, 0.25) is 0 Å². The molecule has 1 fully saturated rings. The highest BCUT2D eigenvalue weighted by atomic mass is 16.5. The molecule has 0 aromatic heterocycles. The lowest BCUT2D eigenvalue weighted by Crippen LogP contribution is -2.40. The van der Waals surface area contributed by atoms with Crippen molar-refractivity contribution >= 4 is 0 Å². The molecule has 1 aromatic rings. The van der Waals surface area contributed by atoms with Gasteiger partial charge in [0.15, 0.2) is 0 Å². The summed E-state index contributed by atoms with van der Waals surface area (Å²) in [5.41, 5.74) is 6.85. The number of hydrogen-bond acceptors (Lipinski definition) is 3. The number of hydrogen-bond donors (Lipinski definition) is 1. The topological polar surface area (TPSA) is 38.5 Å². The van der Waals surface area contributed by atoms with Crippen LogP contribution in [0.4, 0.5) is 0 Å². The Bertz CT molecular complexity index is 367. The van der Waals surface area contributed by atoms with E-state index in [9.17, 15) is 0 Å². The molecule has 1 atom stereocenters. The molecule has 1 aliphatic heterocycles. The van der Waals surface area contributed by atoms with Crippen LogP contribution in [0.5, 0.6) is 5.75 Å². The van der Waals surface area contributed by atoms with Gasteiger partial charge in [0.1, 0.15) is 12.4 Å². The number of nitrogens with two attached hydrogens (primary N) is 1. The minimum absolute atomic E-state index is 0.560. The second-order valence-electron chi connectivity index (χ2n) is 5.09. The van der Waals surface area contributed by atoms with E-state index in [0.29, 0.717) is 12.6 Å². The van der Waals surface area contributed by atoms with Crippen molar-refractivity contribution < 1.29 is 4.74 Å². The molecule has 100 valence electrons. The van der Waals surface area contributed by atoms with Gasteiger partial charge in [-0.15, -0.1) is 0 Å². The van der Waals surface area contributed by atoms with Crippen LogP contribution in [0.2, 0.25) is 0 Å². The van der Waals surface area contributed by atoms with E-state index in [2.05, 4.69) is 18.0 Å². The van der Waals surface area contributed by atoms with E-state index in [1.807, 2.05) is 18.2 Å². The highest BCUT2D eigenvalue weighted by molar-refractivity contribution is 5.33. The normalized spacial score (nSPS) is 20.9. The SMILES string of the molecule is CN1CCCCC1COc1ccccc1CCN. The third-order valence-corrected chi connectivity index (χ3v) is 3.74. The van der Waals surface area contributed by atoms with Gasteiger partial charge in [0.05, 0.1) is 0 Å². The molecule has 1 saturated heterocycles. The summed E-state index contributed by atoms with van der Waals surface area (Å²) in [6.07, 6.45) is 4.77. The van der Waals surface area contributed by atoms with E-state index in [0.717, 1.165) is 18.8 Å². The van der Waals surface area contributed by atoms with Gasteiger partial charge in [-0.1, -0.05) is 24.6 Å². The molecule has 1 unspecified atom stereocenters. The first-order valence-electron chi connectivity index (χ1n) is 6.92. The van der Waals surface area contributed by atoms with Gasteiger partial charge in [-0.05, 0) is 51.0 Å². The second kappa shape index (κ2) is 6.76. The first-order chi connectivity index (χ1) is 8.81. The quantitative estimate of drug-likeness (QED) is 0.866. The van der Waals surface area contributed by atoms with Crippen LogP contribution < -0.4 is 10.5 Å². The number of likely N-dealkylation sites (tertiary alicyclic amines) is 1. The summed E-state index contributed by atoms with van der Waals surface area (Å²) in [7, 11) is 2.19. The maximum atomic E-state index is 6.00. The number of nitrogens with zero attached hydrogens (tertiary/aromatic N) is 1. The van der Waals surface area contributed by atoms with E-state index in [1.54, 1.807) is 0 Å². The molecule has 0 bridgehead atoms. The predicted octanol–water partition coefficient (Wildman–Crippen LogP) is 2.05. The monoisotopic (exact) mass is 248 g/mol. The van der Waals surface area contributed by atoms with Crippen molar-refractivity contribution in [3.05, 3.63) is 29.8 Å². The molecule has 2 rings (SSSR count). The fourth-order valence-corrected chi connectivity index (χ4v) is 2.55. The van der Waals surface area contributed by atoms with Crippen LogP contribution in [0.25, 0.3) is 0 Å². The summed E-state index contributed by atoms with van der Waals surface area (Å²) < 4.78 is 6.00. The fraction of sp³-hybridized carbons (Fsp3) is 0.600. The summed E-state index contributed by atoms with van der Waals surface area (Å²) in [6, 6.07) is 8.79. The highest BCUT2D eigenvalue weighted by Crippen LogP contribution is 2.21. The number of rotatable bonds is 5. The molecular formula is C15H24N2O. The fourth-order valence-electron chi connectivity index (χ4n) is 2.55. The molecule has 1 aromatic carbocycles. The molecule has 1 aliphatic rings. The summed E-state index contributed by atoms with van der Waals surface area (Å²) in [4.78, 5) is 2.41. The third-order valence-electron chi connectivity index (χ3n) is 3.74. The Kier molecular flexibility index (Phi) is 5.02. The van der Waals surface area contributed by atoms with Gasteiger partial charge < -0.3 is 15.4 Å². The van der Waals surface area contributed by atoms with E-state index < -0.39 is 0 Å². The van der Waals surface area contributed by atoms with Gasteiger partial charge in [-0.2, -0.15) is 0 Å². The summed E-state index contributed by atoms with van der Waals surface area (Å²) >= 11 is 0. The van der Waals surface area contributed by atoms with Crippen molar-refractivity contribution in [3.8, 4) is 5.75 Å². The Morgan fingerprint density at radius 1 is 1.33 bits per heavy atom. The zero-order valence-corrected chi connectivity index (χ0v) is 11.3. The van der Waals surface area contributed by atoms with Crippen molar-refractivity contribution in [2.45, 2.75) is 31.7 Å². The Morgan fingerprint density at radius 2 is 2.17 bits per heavy atom. The largest absolute Gasteiger partial charge is 0.492 e. The molecular weight excluding hydrogens is 224 g/mol. The lowest BCUT2D eigenvalue weighted by atomic mass is 10.0. The summed E-state index contributed by atoms with van der Waals surface area (Å²) in [5, 5.41) is 0. The van der Waals surface area contributed by atoms with E-state index >= 15 is 0 Å². The smallest absolute Gasteiger partial charge is 0.122 e. The van der Waals surface area contributed by atoms with Crippen molar-refractivity contribution in [3.63, 3.8) is 0 Å². The Labute approximate surface area is 110 Å². The minimum Gasteiger partial charge on any atom is -0.492 e.